The zero-order valence-electron chi connectivity index (χ0n) is 12.3. The number of rotatable bonds is 2. The summed E-state index contributed by atoms with van der Waals surface area (Å²) < 4.78 is 5.81. The number of fused-ring (bicyclic) bond motifs is 1. The number of amides is 1. The Morgan fingerprint density at radius 2 is 2.04 bits per heavy atom. The number of carbonyl (C=O) groups excluding carboxylic acids is 1. The number of nitrogens with one attached hydrogen (secondary N) is 2. The molecule has 0 radical (unpaired) electrons. The number of aromatic nitrogens is 4. The minimum Gasteiger partial charge on any atom is -0.440 e. The molecule has 0 unspecified atom stereocenters. The third kappa shape index (κ3) is 2.52. The molecular formula is C15H15N5O3. The Balaban J connectivity index is 1.46. The molecule has 1 fully saturated rings. The number of likely N-dealkylation sites (tertiary alicyclic amines) is 1. The summed E-state index contributed by atoms with van der Waals surface area (Å²) >= 11 is 0. The molecule has 1 amide bonds. The Morgan fingerprint density at radius 3 is 2.74 bits per heavy atom. The lowest BCUT2D eigenvalue weighted by molar-refractivity contribution is 0.0694. The Hall–Kier alpha value is -2.90. The molecule has 1 saturated heterocycles. The summed E-state index contributed by atoms with van der Waals surface area (Å²) in [6, 6.07) is 7.68. The van der Waals surface area contributed by atoms with Gasteiger partial charge in [-0.05, 0) is 25.0 Å². The fraction of sp³-hybridized carbons (Fsp3) is 0.333. The van der Waals surface area contributed by atoms with Crippen molar-refractivity contribution in [1.29, 1.82) is 0 Å². The number of nitrogens with zero attached hydrogens (tertiary/aromatic N) is 3. The van der Waals surface area contributed by atoms with Gasteiger partial charge in [-0.1, -0.05) is 12.1 Å². The number of hydrogen-bond donors (Lipinski definition) is 2. The Bertz CT molecular complexity index is 868. The number of carbonyl (C=O) groups is 1. The highest BCUT2D eigenvalue weighted by Gasteiger charge is 2.28. The van der Waals surface area contributed by atoms with Crippen molar-refractivity contribution in [1.82, 2.24) is 25.1 Å². The first-order chi connectivity index (χ1) is 11.2. The summed E-state index contributed by atoms with van der Waals surface area (Å²) in [5, 5.41) is 5.89. The lowest BCUT2D eigenvalue weighted by atomic mass is 9.97. The molecule has 2 N–H and O–H groups in total. The van der Waals surface area contributed by atoms with Crippen molar-refractivity contribution in [2.24, 2.45) is 0 Å². The molecule has 0 atom stereocenters. The molecule has 23 heavy (non-hydrogen) atoms. The monoisotopic (exact) mass is 313 g/mol. The van der Waals surface area contributed by atoms with Crippen molar-refractivity contribution in [3.8, 4) is 0 Å². The molecule has 8 heteroatoms. The van der Waals surface area contributed by atoms with Gasteiger partial charge in [-0.25, -0.2) is 14.9 Å². The average Bonchev–Trinajstić information content (AvgIpc) is 3.20. The maximum absolute atomic E-state index is 12.2. The van der Waals surface area contributed by atoms with E-state index in [9.17, 15) is 9.59 Å². The van der Waals surface area contributed by atoms with Crippen molar-refractivity contribution in [3.63, 3.8) is 0 Å². The molecule has 2 aromatic heterocycles. The molecule has 0 spiro atoms. The van der Waals surface area contributed by atoms with E-state index >= 15 is 0 Å². The maximum Gasteiger partial charge on any atom is 0.341 e. The van der Waals surface area contributed by atoms with E-state index in [0.717, 1.165) is 29.8 Å². The zero-order valence-corrected chi connectivity index (χ0v) is 12.3. The van der Waals surface area contributed by atoms with Crippen LogP contribution in [0.5, 0.6) is 0 Å². The topological polar surface area (TPSA) is 108 Å². The van der Waals surface area contributed by atoms with Gasteiger partial charge in [0.15, 0.2) is 11.5 Å². The van der Waals surface area contributed by atoms with Crippen molar-refractivity contribution < 1.29 is 9.21 Å². The molecule has 3 heterocycles. The number of aromatic amines is 2. The van der Waals surface area contributed by atoms with Gasteiger partial charge < -0.3 is 9.32 Å². The van der Waals surface area contributed by atoms with Crippen LogP contribution >= 0.6 is 0 Å². The predicted molar refractivity (Wildman–Crippen MR) is 81.1 cm³/mol. The third-order valence-electron chi connectivity index (χ3n) is 4.15. The minimum atomic E-state index is -0.477. The number of para-hydroxylation sites is 2. The van der Waals surface area contributed by atoms with E-state index in [1.165, 1.54) is 0 Å². The van der Waals surface area contributed by atoms with E-state index in [2.05, 4.69) is 20.2 Å². The van der Waals surface area contributed by atoms with Crippen molar-refractivity contribution in [2.45, 2.75) is 18.8 Å². The number of H-pyrrole nitrogens is 2. The van der Waals surface area contributed by atoms with E-state index in [1.54, 1.807) is 4.90 Å². The van der Waals surface area contributed by atoms with Gasteiger partial charge in [-0.15, -0.1) is 5.10 Å². The molecule has 1 aliphatic rings. The van der Waals surface area contributed by atoms with Gasteiger partial charge in [0, 0.05) is 19.0 Å². The largest absolute Gasteiger partial charge is 0.440 e. The smallest absolute Gasteiger partial charge is 0.341 e. The van der Waals surface area contributed by atoms with Gasteiger partial charge >= 0.3 is 5.69 Å². The summed E-state index contributed by atoms with van der Waals surface area (Å²) in [4.78, 5) is 31.9. The fourth-order valence-electron chi connectivity index (χ4n) is 2.92. The van der Waals surface area contributed by atoms with Gasteiger partial charge in [0.2, 0.25) is 5.82 Å². The molecule has 1 aliphatic heterocycles. The third-order valence-corrected chi connectivity index (χ3v) is 4.15. The molecular weight excluding hydrogens is 298 g/mol. The molecule has 0 bridgehead atoms. The summed E-state index contributed by atoms with van der Waals surface area (Å²) in [5.41, 5.74) is 1.17. The van der Waals surface area contributed by atoms with E-state index in [-0.39, 0.29) is 17.6 Å². The first-order valence-corrected chi connectivity index (χ1v) is 7.50. The van der Waals surface area contributed by atoms with Crippen LogP contribution in [-0.4, -0.2) is 44.1 Å². The molecule has 1 aromatic carbocycles. The van der Waals surface area contributed by atoms with Crippen LogP contribution < -0.4 is 5.69 Å². The van der Waals surface area contributed by atoms with Gasteiger partial charge in [-0.3, -0.25) is 9.78 Å². The van der Waals surface area contributed by atoms with Crippen LogP contribution in [0.2, 0.25) is 0 Å². The van der Waals surface area contributed by atoms with Crippen LogP contribution in [0.25, 0.3) is 11.1 Å². The molecule has 8 nitrogen and oxygen atoms in total. The second-order valence-corrected chi connectivity index (χ2v) is 5.61. The number of piperidine rings is 1. The number of benzene rings is 1. The molecule has 0 aliphatic carbocycles. The molecule has 118 valence electrons. The summed E-state index contributed by atoms with van der Waals surface area (Å²) in [6.45, 7) is 1.16. The summed E-state index contributed by atoms with van der Waals surface area (Å²) in [5.74, 6) is 0.714. The second-order valence-electron chi connectivity index (χ2n) is 5.61. The van der Waals surface area contributed by atoms with Crippen molar-refractivity contribution >= 4 is 17.0 Å². The summed E-state index contributed by atoms with van der Waals surface area (Å²) in [7, 11) is 0. The fourth-order valence-corrected chi connectivity index (χ4v) is 2.92. The van der Waals surface area contributed by atoms with Crippen LogP contribution in [0.4, 0.5) is 0 Å². The maximum atomic E-state index is 12.2. The van der Waals surface area contributed by atoms with Crippen molar-refractivity contribution in [2.75, 3.05) is 13.1 Å². The van der Waals surface area contributed by atoms with Crippen LogP contribution in [0.3, 0.4) is 0 Å². The number of oxazole rings is 1. The Morgan fingerprint density at radius 1 is 1.26 bits per heavy atom. The first-order valence-electron chi connectivity index (χ1n) is 7.50. The van der Waals surface area contributed by atoms with Crippen LogP contribution in [-0.2, 0) is 0 Å². The normalized spacial score (nSPS) is 16.1. The highest BCUT2D eigenvalue weighted by atomic mass is 16.3. The van der Waals surface area contributed by atoms with E-state index in [0.29, 0.717) is 13.1 Å². The van der Waals surface area contributed by atoms with Gasteiger partial charge in [0.25, 0.3) is 5.91 Å². The van der Waals surface area contributed by atoms with Gasteiger partial charge in [0.05, 0.1) is 0 Å². The molecule has 3 aromatic rings. The lowest BCUT2D eigenvalue weighted by Gasteiger charge is -2.29. The second kappa shape index (κ2) is 5.38. The van der Waals surface area contributed by atoms with Gasteiger partial charge in [-0.2, -0.15) is 0 Å². The SMILES string of the molecule is O=C(c1n[nH]c(=O)[nH]1)N1CCC(c2nc3ccccc3o2)CC1. The highest BCUT2D eigenvalue weighted by Crippen LogP contribution is 2.30. The Labute approximate surface area is 130 Å². The predicted octanol–water partition coefficient (Wildman–Crippen LogP) is 1.26. The minimum absolute atomic E-state index is 0.0512. The standard InChI is InChI=1S/C15H15N5O3/c21-14(12-17-15(22)19-18-12)20-7-5-9(6-8-20)13-16-10-3-1-2-4-11(10)23-13/h1-4,9H,5-8H2,(H2,17,18,19,22). The Kier molecular flexibility index (Phi) is 3.22. The molecule has 0 saturated carbocycles. The first kappa shape index (κ1) is 13.7. The van der Waals surface area contributed by atoms with Crippen molar-refractivity contribution in [3.05, 3.63) is 46.5 Å². The van der Waals surface area contributed by atoms with Gasteiger partial charge in [0.1, 0.15) is 5.52 Å². The van der Waals surface area contributed by atoms with Crippen LogP contribution in [0, 0.1) is 0 Å². The van der Waals surface area contributed by atoms with Crippen LogP contribution in [0.15, 0.2) is 33.5 Å². The molecule has 4 rings (SSSR count). The van der Waals surface area contributed by atoms with E-state index in [1.807, 2.05) is 24.3 Å². The number of hydrogen-bond acceptors (Lipinski definition) is 5. The quantitative estimate of drug-likeness (QED) is 0.740. The van der Waals surface area contributed by atoms with Crippen LogP contribution in [0.1, 0.15) is 35.3 Å². The zero-order chi connectivity index (χ0) is 15.8. The average molecular weight is 313 g/mol. The van der Waals surface area contributed by atoms with E-state index in [4.69, 9.17) is 4.42 Å². The summed E-state index contributed by atoms with van der Waals surface area (Å²) in [6.07, 6.45) is 1.54. The lowest BCUT2D eigenvalue weighted by Crippen LogP contribution is -2.38. The van der Waals surface area contributed by atoms with E-state index < -0.39 is 5.69 Å². The highest BCUT2D eigenvalue weighted by molar-refractivity contribution is 5.90.